The first-order chi connectivity index (χ1) is 10.3. The van der Waals surface area contributed by atoms with Crippen molar-refractivity contribution in [2.24, 2.45) is 10.8 Å². The van der Waals surface area contributed by atoms with Gasteiger partial charge in [0, 0.05) is 12.2 Å². The average molecular weight is 286 g/mol. The molecule has 1 aromatic rings. The van der Waals surface area contributed by atoms with E-state index in [-0.39, 0.29) is 0 Å². The Morgan fingerprint density at radius 1 is 1.24 bits per heavy atom. The zero-order valence-corrected chi connectivity index (χ0v) is 12.9. The van der Waals surface area contributed by atoms with E-state index in [1.54, 1.807) is 0 Å². The Hall–Kier alpha value is -1.55. The lowest BCUT2D eigenvalue weighted by Crippen LogP contribution is -2.47. The fourth-order valence-electron chi connectivity index (χ4n) is 3.51. The van der Waals surface area contributed by atoms with Crippen molar-refractivity contribution in [2.75, 3.05) is 11.4 Å². The molecule has 21 heavy (non-hydrogen) atoms. The maximum atomic E-state index is 5.79. The van der Waals surface area contributed by atoms with Crippen molar-refractivity contribution >= 4 is 11.6 Å². The van der Waals surface area contributed by atoms with E-state index in [0.29, 0.717) is 6.04 Å². The monoisotopic (exact) mass is 286 g/mol. The van der Waals surface area contributed by atoms with Crippen LogP contribution >= 0.6 is 0 Å². The molecule has 3 N–H and O–H groups in total. The summed E-state index contributed by atoms with van der Waals surface area (Å²) in [6, 6.07) is 7.10. The highest BCUT2D eigenvalue weighted by molar-refractivity contribution is 5.97. The molecule has 0 bridgehead atoms. The van der Waals surface area contributed by atoms with E-state index in [9.17, 15) is 0 Å². The van der Waals surface area contributed by atoms with E-state index >= 15 is 0 Å². The molecule has 1 fully saturated rings. The van der Waals surface area contributed by atoms with Crippen LogP contribution in [0, 0.1) is 6.92 Å². The predicted octanol–water partition coefficient (Wildman–Crippen LogP) is 2.90. The molecule has 114 valence electrons. The van der Waals surface area contributed by atoms with E-state index in [1.165, 1.54) is 48.9 Å². The van der Waals surface area contributed by atoms with Gasteiger partial charge < -0.3 is 4.90 Å². The van der Waals surface area contributed by atoms with E-state index in [2.05, 4.69) is 35.4 Å². The minimum absolute atomic E-state index is 0.431. The predicted molar refractivity (Wildman–Crippen MR) is 88.5 cm³/mol. The van der Waals surface area contributed by atoms with Crippen molar-refractivity contribution in [3.05, 3.63) is 29.3 Å². The van der Waals surface area contributed by atoms with Gasteiger partial charge in [0.1, 0.15) is 0 Å². The molecule has 1 aliphatic carbocycles. The maximum absolute atomic E-state index is 5.79. The summed E-state index contributed by atoms with van der Waals surface area (Å²) in [6.07, 6.45) is 8.63. The van der Waals surface area contributed by atoms with Crippen LogP contribution < -0.4 is 16.2 Å². The van der Waals surface area contributed by atoms with Gasteiger partial charge >= 0.3 is 0 Å². The second-order valence-corrected chi connectivity index (χ2v) is 6.28. The van der Waals surface area contributed by atoms with Crippen molar-refractivity contribution < 1.29 is 0 Å². The molecule has 4 heteroatoms. The Balaban J connectivity index is 1.86. The Bertz CT molecular complexity index is 518. The Morgan fingerprint density at radius 3 is 2.81 bits per heavy atom. The van der Waals surface area contributed by atoms with Gasteiger partial charge in [0.05, 0.1) is 6.04 Å². The van der Waals surface area contributed by atoms with Gasteiger partial charge in [-0.3, -0.25) is 5.43 Å². The quantitative estimate of drug-likeness (QED) is 0.361. The van der Waals surface area contributed by atoms with Gasteiger partial charge in [0.2, 0.25) is 5.96 Å². The SMILES string of the molecule is Cc1ccc2c(c1)CCCN2C(=NC1CCCCC1)NN. The van der Waals surface area contributed by atoms with Crippen LogP contribution in [-0.2, 0) is 6.42 Å². The van der Waals surface area contributed by atoms with Gasteiger partial charge in [0.15, 0.2) is 0 Å². The van der Waals surface area contributed by atoms with Crippen LogP contribution in [0.1, 0.15) is 49.7 Å². The summed E-state index contributed by atoms with van der Waals surface area (Å²) in [6.45, 7) is 3.14. The summed E-state index contributed by atoms with van der Waals surface area (Å²) in [4.78, 5) is 7.16. The highest BCUT2D eigenvalue weighted by atomic mass is 15.4. The van der Waals surface area contributed by atoms with Crippen LogP contribution in [0.5, 0.6) is 0 Å². The Morgan fingerprint density at radius 2 is 2.05 bits per heavy atom. The maximum Gasteiger partial charge on any atom is 0.213 e. The number of rotatable bonds is 1. The highest BCUT2D eigenvalue weighted by Gasteiger charge is 2.22. The lowest BCUT2D eigenvalue weighted by Gasteiger charge is -2.33. The fourth-order valence-corrected chi connectivity index (χ4v) is 3.51. The number of hydrazine groups is 1. The number of anilines is 1. The van der Waals surface area contributed by atoms with Gasteiger partial charge in [0.25, 0.3) is 0 Å². The number of hydrogen-bond acceptors (Lipinski definition) is 2. The lowest BCUT2D eigenvalue weighted by molar-refractivity contribution is 0.441. The number of aliphatic imine (C=N–C) groups is 1. The summed E-state index contributed by atoms with van der Waals surface area (Å²) in [5.41, 5.74) is 6.85. The summed E-state index contributed by atoms with van der Waals surface area (Å²) in [5, 5.41) is 0. The first-order valence-corrected chi connectivity index (χ1v) is 8.19. The number of guanidine groups is 1. The first-order valence-electron chi connectivity index (χ1n) is 8.19. The normalized spacial score (nSPS) is 20.3. The number of aryl methyl sites for hydroxylation is 2. The smallest absolute Gasteiger partial charge is 0.213 e. The molecule has 0 spiro atoms. The molecule has 0 radical (unpaired) electrons. The number of nitrogens with two attached hydrogens (primary N) is 1. The van der Waals surface area contributed by atoms with Gasteiger partial charge in [-0.05, 0) is 44.2 Å². The molecule has 3 rings (SSSR count). The summed E-state index contributed by atoms with van der Waals surface area (Å²) < 4.78 is 0. The van der Waals surface area contributed by atoms with Crippen molar-refractivity contribution in [1.82, 2.24) is 5.43 Å². The molecular weight excluding hydrogens is 260 g/mol. The van der Waals surface area contributed by atoms with Crippen molar-refractivity contribution in [2.45, 2.75) is 57.9 Å². The van der Waals surface area contributed by atoms with Gasteiger partial charge in [-0.25, -0.2) is 10.8 Å². The number of nitrogens with zero attached hydrogens (tertiary/aromatic N) is 2. The van der Waals surface area contributed by atoms with Gasteiger partial charge in [-0.15, -0.1) is 0 Å². The topological polar surface area (TPSA) is 53.6 Å². The molecule has 2 aliphatic rings. The van der Waals surface area contributed by atoms with Crippen LogP contribution in [0.3, 0.4) is 0 Å². The van der Waals surface area contributed by atoms with Crippen LogP contribution in [0.2, 0.25) is 0 Å². The molecule has 1 aromatic carbocycles. The molecule has 4 nitrogen and oxygen atoms in total. The lowest BCUT2D eigenvalue weighted by atomic mass is 9.96. The van der Waals surface area contributed by atoms with Crippen LogP contribution in [0.4, 0.5) is 5.69 Å². The molecule has 1 aliphatic heterocycles. The van der Waals surface area contributed by atoms with Crippen molar-refractivity contribution in [1.29, 1.82) is 0 Å². The standard InChI is InChI=1S/C17H26N4/c1-13-9-10-16-14(12-13)6-5-11-21(16)17(20-18)19-15-7-3-2-4-8-15/h9-10,12,15H,2-8,11,18H2,1H3,(H,19,20). The number of benzene rings is 1. The van der Waals surface area contributed by atoms with Gasteiger partial charge in [-0.1, -0.05) is 37.0 Å². The Kier molecular flexibility index (Phi) is 4.44. The Labute approximate surface area is 127 Å². The fraction of sp³-hybridized carbons (Fsp3) is 0.588. The average Bonchev–Trinajstić information content (AvgIpc) is 2.53. The minimum atomic E-state index is 0.431. The van der Waals surface area contributed by atoms with Crippen molar-refractivity contribution in [3.63, 3.8) is 0 Å². The van der Waals surface area contributed by atoms with Crippen LogP contribution in [0.25, 0.3) is 0 Å². The number of hydrogen-bond donors (Lipinski definition) is 2. The second-order valence-electron chi connectivity index (χ2n) is 6.28. The van der Waals surface area contributed by atoms with E-state index in [0.717, 1.165) is 25.3 Å². The summed E-state index contributed by atoms with van der Waals surface area (Å²) in [5.74, 6) is 6.62. The summed E-state index contributed by atoms with van der Waals surface area (Å²) >= 11 is 0. The zero-order valence-electron chi connectivity index (χ0n) is 12.9. The third kappa shape index (κ3) is 3.21. The number of fused-ring (bicyclic) bond motifs is 1. The zero-order chi connectivity index (χ0) is 14.7. The molecule has 0 saturated heterocycles. The molecule has 0 atom stereocenters. The second kappa shape index (κ2) is 6.48. The van der Waals surface area contributed by atoms with E-state index in [4.69, 9.17) is 10.8 Å². The van der Waals surface area contributed by atoms with Crippen LogP contribution in [0.15, 0.2) is 23.2 Å². The third-order valence-electron chi connectivity index (χ3n) is 4.62. The van der Waals surface area contributed by atoms with E-state index < -0.39 is 0 Å². The number of nitrogens with one attached hydrogen (secondary N) is 1. The molecule has 1 heterocycles. The van der Waals surface area contributed by atoms with Gasteiger partial charge in [-0.2, -0.15) is 0 Å². The molecule has 1 saturated carbocycles. The molecule has 0 amide bonds. The summed E-state index contributed by atoms with van der Waals surface area (Å²) in [7, 11) is 0. The largest absolute Gasteiger partial charge is 0.311 e. The molecule has 0 aromatic heterocycles. The van der Waals surface area contributed by atoms with Crippen molar-refractivity contribution in [3.8, 4) is 0 Å². The highest BCUT2D eigenvalue weighted by Crippen LogP contribution is 2.28. The minimum Gasteiger partial charge on any atom is -0.311 e. The van der Waals surface area contributed by atoms with Crippen LogP contribution in [-0.4, -0.2) is 18.5 Å². The molecular formula is C17H26N4. The first kappa shape index (κ1) is 14.4. The van der Waals surface area contributed by atoms with E-state index in [1.807, 2.05) is 0 Å². The third-order valence-corrected chi connectivity index (χ3v) is 4.62. The molecule has 0 unspecified atom stereocenters.